The van der Waals surface area contributed by atoms with E-state index in [0.717, 1.165) is 0 Å². The zero-order chi connectivity index (χ0) is 8.54. The number of rotatable bonds is 1. The number of halogens is 1. The highest BCUT2D eigenvalue weighted by atomic mass is 35.7. The maximum absolute atomic E-state index is 10.4. The molecule has 64 valence electrons. The second kappa shape index (κ2) is 2.98. The Bertz CT molecular complexity index is 161. The van der Waals surface area contributed by atoms with Crippen molar-refractivity contribution in [1.82, 2.24) is 0 Å². The molecule has 1 aliphatic rings. The molecule has 0 saturated carbocycles. The summed E-state index contributed by atoms with van der Waals surface area (Å²) in [6.45, 7) is 4.97. The predicted molar refractivity (Wildman–Crippen MR) is 45.2 cm³/mol. The zero-order valence-electron chi connectivity index (χ0n) is 6.54. The van der Waals surface area contributed by atoms with Crippen LogP contribution < -0.4 is 0 Å². The summed E-state index contributed by atoms with van der Waals surface area (Å²) >= 11 is 5.69. The Morgan fingerprint density at radius 1 is 1.45 bits per heavy atom. The minimum Gasteiger partial charge on any atom is -0.249 e. The standard InChI is InChI=1S/C6H11ClO3P/c1-6(2)3-9-11(7,5-8)10-4-6/h5H,3-4H2,1-2H3/q+1. The molecular weight excluding hydrogens is 186 g/mol. The van der Waals surface area contributed by atoms with Crippen LogP contribution in [0, 0.1) is 5.41 Å². The summed E-state index contributed by atoms with van der Waals surface area (Å²) < 4.78 is 10.2. The minimum atomic E-state index is -2.63. The summed E-state index contributed by atoms with van der Waals surface area (Å²) in [5.74, 6) is 0. The topological polar surface area (TPSA) is 35.5 Å². The molecule has 0 aromatic heterocycles. The van der Waals surface area contributed by atoms with Gasteiger partial charge in [0, 0.05) is 5.41 Å². The summed E-state index contributed by atoms with van der Waals surface area (Å²) in [7, 11) is -2.63. The molecule has 5 heteroatoms. The quantitative estimate of drug-likeness (QED) is 0.478. The van der Waals surface area contributed by atoms with Crippen LogP contribution in [0.5, 0.6) is 0 Å². The second-order valence-corrected chi connectivity index (χ2v) is 6.52. The Balaban J connectivity index is 2.54. The van der Waals surface area contributed by atoms with Crippen molar-refractivity contribution in [1.29, 1.82) is 0 Å². The van der Waals surface area contributed by atoms with Crippen LogP contribution in [0.25, 0.3) is 0 Å². The largest absolute Gasteiger partial charge is 0.439 e. The van der Waals surface area contributed by atoms with Crippen LogP contribution in [0.15, 0.2) is 0 Å². The van der Waals surface area contributed by atoms with Gasteiger partial charge in [-0.2, -0.15) is 9.05 Å². The number of hydrogen-bond acceptors (Lipinski definition) is 3. The van der Waals surface area contributed by atoms with Gasteiger partial charge in [0.05, 0.1) is 0 Å². The SMILES string of the molecule is CC1(C)CO[P+](Cl)(C=O)OC1. The fourth-order valence-electron chi connectivity index (χ4n) is 0.665. The minimum absolute atomic E-state index is 0.0264. The lowest BCUT2D eigenvalue weighted by Gasteiger charge is -2.28. The third-order valence-corrected chi connectivity index (χ3v) is 3.43. The molecule has 1 saturated heterocycles. The second-order valence-electron chi connectivity index (χ2n) is 3.34. The van der Waals surface area contributed by atoms with Gasteiger partial charge in [-0.3, -0.25) is 0 Å². The highest BCUT2D eigenvalue weighted by molar-refractivity contribution is 8.02. The van der Waals surface area contributed by atoms with Crippen molar-refractivity contribution in [2.24, 2.45) is 5.41 Å². The van der Waals surface area contributed by atoms with Crippen LogP contribution >= 0.6 is 18.3 Å². The molecule has 0 aromatic rings. The number of hydrogen-bond donors (Lipinski definition) is 0. The highest BCUT2D eigenvalue weighted by Gasteiger charge is 2.49. The summed E-state index contributed by atoms with van der Waals surface area (Å²) in [5, 5.41) is 0. The van der Waals surface area contributed by atoms with E-state index in [2.05, 4.69) is 0 Å². The first-order chi connectivity index (χ1) is 4.97. The molecule has 3 nitrogen and oxygen atoms in total. The van der Waals surface area contributed by atoms with E-state index in [-0.39, 0.29) is 5.41 Å². The Hall–Kier alpha value is 0.310. The summed E-state index contributed by atoms with van der Waals surface area (Å²) in [5.41, 5.74) is -0.0264. The maximum Gasteiger partial charge on any atom is 0.439 e. The van der Waals surface area contributed by atoms with Crippen molar-refractivity contribution in [3.63, 3.8) is 0 Å². The fourth-order valence-corrected chi connectivity index (χ4v) is 2.21. The summed E-state index contributed by atoms with van der Waals surface area (Å²) in [6, 6.07) is 0.573. The van der Waals surface area contributed by atoms with Gasteiger partial charge in [0.15, 0.2) is 11.2 Å². The van der Waals surface area contributed by atoms with E-state index in [0.29, 0.717) is 19.2 Å². The Labute approximate surface area is 71.3 Å². The lowest BCUT2D eigenvalue weighted by Crippen LogP contribution is -2.30. The molecule has 1 fully saturated rings. The van der Waals surface area contributed by atoms with E-state index < -0.39 is 7.07 Å². The average Bonchev–Trinajstić information content (AvgIpc) is 1.97. The summed E-state index contributed by atoms with van der Waals surface area (Å²) in [4.78, 5) is 10.4. The van der Waals surface area contributed by atoms with E-state index in [1.54, 1.807) is 0 Å². The molecule has 0 unspecified atom stereocenters. The molecular formula is C6H11ClO3P+. The van der Waals surface area contributed by atoms with Crippen LogP contribution in [0.2, 0.25) is 0 Å². The molecule has 0 aliphatic carbocycles. The maximum atomic E-state index is 10.4. The fraction of sp³-hybridized carbons (Fsp3) is 0.833. The molecule has 1 aliphatic heterocycles. The monoisotopic (exact) mass is 197 g/mol. The van der Waals surface area contributed by atoms with Crippen LogP contribution in [0.1, 0.15) is 13.8 Å². The van der Waals surface area contributed by atoms with E-state index in [1.807, 2.05) is 13.8 Å². The van der Waals surface area contributed by atoms with Gasteiger partial charge in [0.2, 0.25) is 0 Å². The Kier molecular flexibility index (Phi) is 2.55. The molecule has 0 spiro atoms. The first-order valence-corrected chi connectivity index (χ1v) is 5.91. The van der Waals surface area contributed by atoms with E-state index in [4.69, 9.17) is 20.3 Å². The molecule has 0 amide bonds. The van der Waals surface area contributed by atoms with Gasteiger partial charge >= 0.3 is 13.1 Å². The van der Waals surface area contributed by atoms with Gasteiger partial charge in [-0.05, 0) is 0 Å². The van der Waals surface area contributed by atoms with Crippen molar-refractivity contribution >= 4 is 24.3 Å². The van der Waals surface area contributed by atoms with Crippen molar-refractivity contribution in [3.05, 3.63) is 0 Å². The van der Waals surface area contributed by atoms with Crippen LogP contribution in [-0.4, -0.2) is 19.2 Å². The van der Waals surface area contributed by atoms with Crippen molar-refractivity contribution < 1.29 is 13.8 Å². The third kappa shape index (κ3) is 2.38. The molecule has 11 heavy (non-hydrogen) atoms. The van der Waals surface area contributed by atoms with Crippen LogP contribution in [0.3, 0.4) is 0 Å². The van der Waals surface area contributed by atoms with Crippen molar-refractivity contribution in [3.8, 4) is 0 Å². The van der Waals surface area contributed by atoms with E-state index in [9.17, 15) is 4.79 Å². The Morgan fingerprint density at radius 2 is 1.91 bits per heavy atom. The van der Waals surface area contributed by atoms with E-state index >= 15 is 0 Å². The van der Waals surface area contributed by atoms with Gasteiger partial charge in [-0.1, -0.05) is 13.8 Å². The highest BCUT2D eigenvalue weighted by Crippen LogP contribution is 2.66. The van der Waals surface area contributed by atoms with Gasteiger partial charge in [-0.25, -0.2) is 4.79 Å². The molecule has 1 heterocycles. The normalized spacial score (nSPS) is 27.9. The lowest BCUT2D eigenvalue weighted by molar-refractivity contribution is 0.0627. The first kappa shape index (κ1) is 9.40. The third-order valence-electron chi connectivity index (χ3n) is 1.39. The van der Waals surface area contributed by atoms with Crippen molar-refractivity contribution in [2.75, 3.05) is 13.2 Å². The molecule has 0 radical (unpaired) electrons. The van der Waals surface area contributed by atoms with Crippen LogP contribution in [-0.2, 0) is 13.8 Å². The van der Waals surface area contributed by atoms with E-state index in [1.165, 1.54) is 0 Å². The molecule has 0 N–H and O–H groups in total. The first-order valence-electron chi connectivity index (χ1n) is 3.31. The smallest absolute Gasteiger partial charge is 0.249 e. The van der Waals surface area contributed by atoms with Gasteiger partial charge in [0.1, 0.15) is 13.2 Å². The lowest BCUT2D eigenvalue weighted by atomic mass is 9.97. The molecule has 1 rings (SSSR count). The molecule has 0 bridgehead atoms. The average molecular weight is 198 g/mol. The molecule has 0 atom stereocenters. The van der Waals surface area contributed by atoms with Crippen molar-refractivity contribution in [2.45, 2.75) is 13.8 Å². The number of carbonyl (C=O) groups is 1. The summed E-state index contributed by atoms with van der Waals surface area (Å²) in [6.07, 6.45) is 0. The number of carbonyl (C=O) groups excluding carboxylic acids is 1. The van der Waals surface area contributed by atoms with Gasteiger partial charge in [-0.15, -0.1) is 0 Å². The molecule has 0 aromatic carbocycles. The predicted octanol–water partition coefficient (Wildman–Crippen LogP) is 2.25. The Morgan fingerprint density at radius 3 is 2.27 bits per heavy atom. The van der Waals surface area contributed by atoms with Gasteiger partial charge < -0.3 is 0 Å². The van der Waals surface area contributed by atoms with Crippen LogP contribution in [0.4, 0.5) is 0 Å². The zero-order valence-corrected chi connectivity index (χ0v) is 8.19. The van der Waals surface area contributed by atoms with Gasteiger partial charge in [0.25, 0.3) is 0 Å².